The number of fused-ring (bicyclic) bond motifs is 20. The molecule has 0 amide bonds. The van der Waals surface area contributed by atoms with E-state index in [0.29, 0.717) is 0 Å². The van der Waals surface area contributed by atoms with E-state index in [1.807, 2.05) is 0 Å². The lowest BCUT2D eigenvalue weighted by Gasteiger charge is -2.09. The third kappa shape index (κ3) is 3.56. The molecule has 0 fully saturated rings. The molecule has 0 saturated carbocycles. The van der Waals surface area contributed by atoms with Crippen LogP contribution >= 0.6 is 0 Å². The van der Waals surface area contributed by atoms with Crippen molar-refractivity contribution in [3.05, 3.63) is 182 Å². The number of pyridine rings is 1. The van der Waals surface area contributed by atoms with Gasteiger partial charge in [0, 0.05) is 65.1 Å². The molecule has 6 aromatic heterocycles. The molecule has 59 heavy (non-hydrogen) atoms. The SMILES string of the molecule is c1ccc(-n2c3ccccc3c3cc(-c4cccc5c6c7ccccc7cc7c8c9c%10c%11ccccc%11cc%11c%12ccccc%12n(c9cnc8n(c45)c76)c%11%10)ccc32)cc1. The highest BCUT2D eigenvalue weighted by atomic mass is 15.0. The molecule has 0 N–H and O–H groups in total. The van der Waals surface area contributed by atoms with Crippen molar-refractivity contribution in [1.82, 2.24) is 18.4 Å². The molecule has 0 radical (unpaired) electrons. The summed E-state index contributed by atoms with van der Waals surface area (Å²) in [6.45, 7) is 0. The summed E-state index contributed by atoms with van der Waals surface area (Å²) < 4.78 is 7.37. The molecule has 0 spiro atoms. The van der Waals surface area contributed by atoms with E-state index in [1.165, 1.54) is 120 Å². The number of hydrogen-bond acceptors (Lipinski definition) is 1. The quantitative estimate of drug-likeness (QED) is 0.173. The minimum Gasteiger partial charge on any atom is -0.309 e. The molecular weight excluding hydrogens is 717 g/mol. The van der Waals surface area contributed by atoms with Crippen molar-refractivity contribution >= 4 is 120 Å². The summed E-state index contributed by atoms with van der Waals surface area (Å²) in [6.07, 6.45) is 2.14. The number of hydrogen-bond donors (Lipinski definition) is 0. The van der Waals surface area contributed by atoms with E-state index >= 15 is 0 Å². The molecule has 0 atom stereocenters. The molecule has 6 heterocycles. The third-order valence-electron chi connectivity index (χ3n) is 13.5. The van der Waals surface area contributed by atoms with Crippen LogP contribution in [0.15, 0.2) is 182 Å². The van der Waals surface area contributed by atoms with Gasteiger partial charge in [0.1, 0.15) is 5.65 Å². The largest absolute Gasteiger partial charge is 0.309 e. The van der Waals surface area contributed by atoms with Crippen LogP contribution in [0.25, 0.3) is 136 Å². The maximum atomic E-state index is 5.52. The smallest absolute Gasteiger partial charge is 0.146 e. The van der Waals surface area contributed by atoms with Crippen molar-refractivity contribution in [2.45, 2.75) is 0 Å². The number of rotatable bonds is 2. The second-order valence-corrected chi connectivity index (χ2v) is 16.3. The standard InChI is InChI=1S/C55H30N4/c1-2-15-34(16-3-1)57-44-23-10-8-19-38(44)41-27-33(25-26-46(41)57)37-21-12-22-40-48-35-17-6-4-14-32(35)29-43-50-51-47(30-56-55(50)59(52(37)40)54(43)48)58-45-24-11-9-20-39(45)42-28-31-13-5-7-18-36(31)49(51)53(42)58/h1-30H. The maximum absolute atomic E-state index is 5.52. The van der Waals surface area contributed by atoms with Crippen LogP contribution in [0.3, 0.4) is 0 Å². The van der Waals surface area contributed by atoms with E-state index in [0.717, 1.165) is 16.9 Å². The molecule has 4 nitrogen and oxygen atoms in total. The van der Waals surface area contributed by atoms with Crippen LogP contribution in [0.4, 0.5) is 0 Å². The molecule has 15 rings (SSSR count). The minimum absolute atomic E-state index is 0.999. The Balaban J connectivity index is 1.14. The van der Waals surface area contributed by atoms with Gasteiger partial charge in [-0.3, -0.25) is 4.40 Å². The van der Waals surface area contributed by atoms with Gasteiger partial charge in [-0.1, -0.05) is 127 Å². The highest BCUT2D eigenvalue weighted by Gasteiger charge is 2.28. The highest BCUT2D eigenvalue weighted by molar-refractivity contribution is 6.41. The Kier molecular flexibility index (Phi) is 5.38. The number of benzene rings is 9. The van der Waals surface area contributed by atoms with E-state index in [-0.39, 0.29) is 0 Å². The molecule has 0 aliphatic carbocycles. The Morgan fingerprint density at radius 3 is 1.78 bits per heavy atom. The van der Waals surface area contributed by atoms with E-state index in [9.17, 15) is 0 Å². The normalized spacial score (nSPS) is 12.7. The zero-order valence-corrected chi connectivity index (χ0v) is 31.6. The van der Waals surface area contributed by atoms with Crippen molar-refractivity contribution in [1.29, 1.82) is 0 Å². The van der Waals surface area contributed by atoms with Crippen LogP contribution in [0.2, 0.25) is 0 Å². The van der Waals surface area contributed by atoms with Gasteiger partial charge in [-0.2, -0.15) is 0 Å². The fourth-order valence-electron chi connectivity index (χ4n) is 11.2. The molecule has 0 unspecified atom stereocenters. The van der Waals surface area contributed by atoms with Gasteiger partial charge in [0.2, 0.25) is 0 Å². The van der Waals surface area contributed by atoms with Crippen molar-refractivity contribution < 1.29 is 0 Å². The second-order valence-electron chi connectivity index (χ2n) is 16.3. The molecule has 4 heteroatoms. The Morgan fingerprint density at radius 2 is 0.966 bits per heavy atom. The topological polar surface area (TPSA) is 26.6 Å². The highest BCUT2D eigenvalue weighted by Crippen LogP contribution is 2.50. The van der Waals surface area contributed by atoms with Gasteiger partial charge in [0.25, 0.3) is 0 Å². The monoisotopic (exact) mass is 746 g/mol. The second kappa shape index (κ2) is 10.5. The first-order valence-corrected chi connectivity index (χ1v) is 20.4. The lowest BCUT2D eigenvalue weighted by atomic mass is 9.96. The summed E-state index contributed by atoms with van der Waals surface area (Å²) in [6, 6.07) is 64.9. The van der Waals surface area contributed by atoms with E-state index < -0.39 is 0 Å². The maximum Gasteiger partial charge on any atom is 0.146 e. The number of nitrogens with zero attached hydrogens (tertiary/aromatic N) is 4. The predicted molar refractivity (Wildman–Crippen MR) is 248 cm³/mol. The van der Waals surface area contributed by atoms with Crippen molar-refractivity contribution in [3.63, 3.8) is 0 Å². The number of para-hydroxylation sites is 4. The van der Waals surface area contributed by atoms with Crippen LogP contribution < -0.4 is 0 Å². The van der Waals surface area contributed by atoms with Crippen LogP contribution in [0.1, 0.15) is 0 Å². The summed E-state index contributed by atoms with van der Waals surface area (Å²) in [5, 5.41) is 17.7. The summed E-state index contributed by atoms with van der Waals surface area (Å²) in [4.78, 5) is 5.52. The van der Waals surface area contributed by atoms with Crippen LogP contribution in [0.5, 0.6) is 0 Å². The number of aromatic nitrogens is 4. The van der Waals surface area contributed by atoms with Crippen molar-refractivity contribution in [3.8, 4) is 16.8 Å². The summed E-state index contributed by atoms with van der Waals surface area (Å²) in [5.74, 6) is 0. The van der Waals surface area contributed by atoms with Gasteiger partial charge in [0.05, 0.1) is 44.8 Å². The van der Waals surface area contributed by atoms with E-state index in [2.05, 4.69) is 195 Å². The average Bonchev–Trinajstić information content (AvgIpc) is 4.08. The van der Waals surface area contributed by atoms with Gasteiger partial charge in [0.15, 0.2) is 0 Å². The predicted octanol–water partition coefficient (Wildman–Crippen LogP) is 14.5. The Labute approximate surface area is 335 Å². The lowest BCUT2D eigenvalue weighted by Crippen LogP contribution is -1.93. The third-order valence-corrected chi connectivity index (χ3v) is 13.5. The van der Waals surface area contributed by atoms with Crippen LogP contribution in [0, 0.1) is 0 Å². The first-order valence-electron chi connectivity index (χ1n) is 20.4. The van der Waals surface area contributed by atoms with Gasteiger partial charge in [-0.15, -0.1) is 0 Å². The first kappa shape index (κ1) is 30.2. The molecule has 15 aromatic rings. The Hall–Kier alpha value is -7.95. The summed E-state index contributed by atoms with van der Waals surface area (Å²) in [7, 11) is 0. The zero-order valence-electron chi connectivity index (χ0n) is 31.6. The van der Waals surface area contributed by atoms with E-state index in [1.54, 1.807) is 0 Å². The van der Waals surface area contributed by atoms with Gasteiger partial charge in [-0.05, 0) is 75.6 Å². The Bertz CT molecular complexity index is 4300. The Morgan fingerprint density at radius 1 is 0.339 bits per heavy atom. The summed E-state index contributed by atoms with van der Waals surface area (Å²) >= 11 is 0. The summed E-state index contributed by atoms with van der Waals surface area (Å²) in [5.41, 5.74) is 13.0. The molecule has 9 aromatic carbocycles. The van der Waals surface area contributed by atoms with Crippen LogP contribution in [-0.4, -0.2) is 18.4 Å². The first-order chi connectivity index (χ1) is 29.3. The zero-order chi connectivity index (χ0) is 38.1. The molecule has 0 saturated heterocycles. The molecule has 0 aliphatic heterocycles. The van der Waals surface area contributed by atoms with Gasteiger partial charge in [-0.25, -0.2) is 4.98 Å². The van der Waals surface area contributed by atoms with Gasteiger partial charge < -0.3 is 8.97 Å². The molecular formula is C55H30N4. The van der Waals surface area contributed by atoms with Gasteiger partial charge >= 0.3 is 0 Å². The molecule has 0 aliphatic rings. The molecule has 0 bridgehead atoms. The van der Waals surface area contributed by atoms with Crippen molar-refractivity contribution in [2.75, 3.05) is 0 Å². The van der Waals surface area contributed by atoms with Crippen molar-refractivity contribution in [2.24, 2.45) is 0 Å². The molecule has 270 valence electrons. The van der Waals surface area contributed by atoms with E-state index in [4.69, 9.17) is 4.98 Å². The van der Waals surface area contributed by atoms with Crippen LogP contribution in [-0.2, 0) is 0 Å². The fraction of sp³-hybridized carbons (Fsp3) is 0. The minimum atomic E-state index is 0.999. The average molecular weight is 747 g/mol. The fourth-order valence-corrected chi connectivity index (χ4v) is 11.2. The lowest BCUT2D eigenvalue weighted by molar-refractivity contribution is 1.18.